The van der Waals surface area contributed by atoms with Gasteiger partial charge in [-0.1, -0.05) is 0 Å². The molecule has 1 fully saturated rings. The molecule has 2 rings (SSSR count). The topological polar surface area (TPSA) is 84.8 Å². The summed E-state index contributed by atoms with van der Waals surface area (Å²) in [5.74, 6) is 0.408. The molecule has 2 atom stereocenters. The van der Waals surface area contributed by atoms with Crippen LogP contribution in [0.15, 0.2) is 4.99 Å². The molecule has 0 aromatic carbocycles. The molecule has 0 bridgehead atoms. The number of nitrogens with one attached hydrogen (secondary N) is 2. The van der Waals surface area contributed by atoms with Crippen LogP contribution in [0.4, 0.5) is 0 Å². The normalized spacial score (nSPS) is 18.2. The van der Waals surface area contributed by atoms with Gasteiger partial charge in [0, 0.05) is 20.2 Å². The van der Waals surface area contributed by atoms with Crippen molar-refractivity contribution in [3.8, 4) is 0 Å². The Morgan fingerprint density at radius 2 is 2.31 bits per heavy atom. The Bertz CT molecular complexity index is 603. The number of thiazole rings is 1. The molecular formula is C17H29IN4O3S. The van der Waals surface area contributed by atoms with Gasteiger partial charge in [0.15, 0.2) is 5.96 Å². The van der Waals surface area contributed by atoms with Crippen molar-refractivity contribution in [2.75, 3.05) is 26.8 Å². The number of nitrogens with zero attached hydrogens (tertiary/aromatic N) is 2. The van der Waals surface area contributed by atoms with Crippen molar-refractivity contribution in [3.63, 3.8) is 0 Å². The van der Waals surface area contributed by atoms with Gasteiger partial charge in [-0.3, -0.25) is 4.99 Å². The van der Waals surface area contributed by atoms with Crippen molar-refractivity contribution in [2.45, 2.75) is 52.2 Å². The Morgan fingerprint density at radius 3 is 2.92 bits per heavy atom. The van der Waals surface area contributed by atoms with Crippen LogP contribution in [0.1, 0.15) is 59.5 Å². The van der Waals surface area contributed by atoms with Gasteiger partial charge in [-0.2, -0.15) is 0 Å². The third-order valence-corrected chi connectivity index (χ3v) is 5.32. The number of carbonyl (C=O) groups is 1. The molecule has 2 N–H and O–H groups in total. The first kappa shape index (κ1) is 23.1. The quantitative estimate of drug-likeness (QED) is 0.261. The molecule has 148 valence electrons. The van der Waals surface area contributed by atoms with Crippen molar-refractivity contribution in [2.24, 2.45) is 4.99 Å². The molecule has 1 saturated heterocycles. The maximum Gasteiger partial charge on any atom is 0.350 e. The Labute approximate surface area is 176 Å². The molecule has 0 saturated carbocycles. The standard InChI is InChI=1S/C17H28N4O3S.HI/c1-5-23-16(22)14-11(2)20-15(25-14)12(3)21-17(18-4)19-9-8-13-7-6-10-24-13;/h12-13H,5-10H2,1-4H3,(H2,18,19,21);1H. The van der Waals surface area contributed by atoms with Gasteiger partial charge >= 0.3 is 5.97 Å². The Hall–Kier alpha value is -0.940. The predicted molar refractivity (Wildman–Crippen MR) is 115 cm³/mol. The fourth-order valence-electron chi connectivity index (χ4n) is 2.67. The number of halogens is 1. The van der Waals surface area contributed by atoms with Crippen LogP contribution in [-0.2, 0) is 9.47 Å². The van der Waals surface area contributed by atoms with Crippen molar-refractivity contribution in [1.29, 1.82) is 0 Å². The number of aliphatic imine (C=N–C) groups is 1. The van der Waals surface area contributed by atoms with Gasteiger partial charge in [-0.05, 0) is 40.0 Å². The van der Waals surface area contributed by atoms with Crippen LogP contribution in [0, 0.1) is 6.92 Å². The van der Waals surface area contributed by atoms with Gasteiger partial charge in [-0.25, -0.2) is 9.78 Å². The Morgan fingerprint density at radius 1 is 1.54 bits per heavy atom. The molecule has 2 heterocycles. The molecule has 1 aliphatic rings. The zero-order valence-corrected chi connectivity index (χ0v) is 19.0. The molecule has 0 aliphatic carbocycles. The lowest BCUT2D eigenvalue weighted by Crippen LogP contribution is -2.39. The van der Waals surface area contributed by atoms with Crippen LogP contribution >= 0.6 is 35.3 Å². The minimum absolute atomic E-state index is 0. The zero-order chi connectivity index (χ0) is 18.2. The largest absolute Gasteiger partial charge is 0.462 e. The van der Waals surface area contributed by atoms with Crippen molar-refractivity contribution >= 4 is 47.2 Å². The number of guanidine groups is 1. The monoisotopic (exact) mass is 496 g/mol. The van der Waals surface area contributed by atoms with E-state index in [2.05, 4.69) is 20.6 Å². The van der Waals surface area contributed by atoms with E-state index in [9.17, 15) is 4.79 Å². The van der Waals surface area contributed by atoms with E-state index in [1.54, 1.807) is 14.0 Å². The van der Waals surface area contributed by atoms with Crippen molar-refractivity contribution < 1.29 is 14.3 Å². The number of aromatic nitrogens is 1. The van der Waals surface area contributed by atoms with Crippen molar-refractivity contribution in [1.82, 2.24) is 15.6 Å². The second-order valence-electron chi connectivity index (χ2n) is 5.98. The van der Waals surface area contributed by atoms with E-state index in [0.29, 0.717) is 23.3 Å². The number of ether oxygens (including phenoxy) is 2. The lowest BCUT2D eigenvalue weighted by atomic mass is 10.2. The summed E-state index contributed by atoms with van der Waals surface area (Å²) in [5.41, 5.74) is 0.702. The number of carbonyl (C=O) groups excluding carboxylic acids is 1. The molecule has 0 amide bonds. The van der Waals surface area contributed by atoms with E-state index in [1.165, 1.54) is 11.3 Å². The molecule has 9 heteroatoms. The molecule has 1 aromatic heterocycles. The lowest BCUT2D eigenvalue weighted by Gasteiger charge is -2.17. The zero-order valence-electron chi connectivity index (χ0n) is 15.8. The summed E-state index contributed by atoms with van der Waals surface area (Å²) in [6.07, 6.45) is 3.62. The van der Waals surface area contributed by atoms with Crippen LogP contribution in [0.25, 0.3) is 0 Å². The first-order valence-corrected chi connectivity index (χ1v) is 9.60. The number of hydrogen-bond donors (Lipinski definition) is 2. The SMILES string of the molecule is CCOC(=O)c1sc(C(C)NC(=NC)NCCC2CCCO2)nc1C.I. The second kappa shape index (κ2) is 11.7. The minimum Gasteiger partial charge on any atom is -0.462 e. The van der Waals surface area contributed by atoms with Crippen LogP contribution < -0.4 is 10.6 Å². The fourth-order valence-corrected chi connectivity index (χ4v) is 3.64. The minimum atomic E-state index is -0.310. The van der Waals surface area contributed by atoms with Gasteiger partial charge in [0.25, 0.3) is 0 Å². The van der Waals surface area contributed by atoms with Gasteiger partial charge < -0.3 is 20.1 Å². The first-order valence-electron chi connectivity index (χ1n) is 8.78. The average Bonchev–Trinajstić information content (AvgIpc) is 3.23. The molecule has 2 unspecified atom stereocenters. The number of rotatable bonds is 7. The number of hydrogen-bond acceptors (Lipinski definition) is 6. The highest BCUT2D eigenvalue weighted by molar-refractivity contribution is 14.0. The van der Waals surface area contributed by atoms with E-state index in [0.717, 1.165) is 43.4 Å². The number of esters is 1. The Balaban J connectivity index is 0.00000338. The maximum atomic E-state index is 11.9. The van der Waals surface area contributed by atoms with Crippen LogP contribution in [0.3, 0.4) is 0 Å². The third kappa shape index (κ3) is 6.66. The molecule has 26 heavy (non-hydrogen) atoms. The third-order valence-electron chi connectivity index (χ3n) is 4.00. The van der Waals surface area contributed by atoms with Crippen LogP contribution in [0.5, 0.6) is 0 Å². The van der Waals surface area contributed by atoms with Gasteiger partial charge in [-0.15, -0.1) is 35.3 Å². The second-order valence-corrected chi connectivity index (χ2v) is 7.01. The van der Waals surface area contributed by atoms with E-state index in [4.69, 9.17) is 9.47 Å². The summed E-state index contributed by atoms with van der Waals surface area (Å²) >= 11 is 1.36. The highest BCUT2D eigenvalue weighted by atomic mass is 127. The van der Waals surface area contributed by atoms with E-state index in [-0.39, 0.29) is 36.0 Å². The van der Waals surface area contributed by atoms with Crippen LogP contribution in [-0.4, -0.2) is 49.8 Å². The molecule has 0 spiro atoms. The summed E-state index contributed by atoms with van der Waals surface area (Å²) in [6.45, 7) is 7.67. The molecular weight excluding hydrogens is 467 g/mol. The molecule has 1 aliphatic heterocycles. The summed E-state index contributed by atoms with van der Waals surface area (Å²) < 4.78 is 10.7. The summed E-state index contributed by atoms with van der Waals surface area (Å²) in [6, 6.07) is -0.0548. The molecule has 1 aromatic rings. The summed E-state index contributed by atoms with van der Waals surface area (Å²) in [5, 5.41) is 7.46. The first-order chi connectivity index (χ1) is 12.0. The van der Waals surface area contributed by atoms with Gasteiger partial charge in [0.05, 0.1) is 24.4 Å². The van der Waals surface area contributed by atoms with Gasteiger partial charge in [0.1, 0.15) is 9.88 Å². The molecule has 0 radical (unpaired) electrons. The lowest BCUT2D eigenvalue weighted by molar-refractivity contribution is 0.0531. The smallest absolute Gasteiger partial charge is 0.350 e. The number of aryl methyl sites for hydroxylation is 1. The van der Waals surface area contributed by atoms with E-state index in [1.807, 2.05) is 13.8 Å². The van der Waals surface area contributed by atoms with Crippen LogP contribution in [0.2, 0.25) is 0 Å². The predicted octanol–water partition coefficient (Wildman–Crippen LogP) is 3.04. The van der Waals surface area contributed by atoms with Crippen molar-refractivity contribution in [3.05, 3.63) is 15.6 Å². The van der Waals surface area contributed by atoms with Gasteiger partial charge in [0.2, 0.25) is 0 Å². The highest BCUT2D eigenvalue weighted by Crippen LogP contribution is 2.24. The Kier molecular flexibility index (Phi) is 10.4. The van der Waals surface area contributed by atoms with E-state index < -0.39 is 0 Å². The molecule has 7 nitrogen and oxygen atoms in total. The fraction of sp³-hybridized carbons (Fsp3) is 0.706. The highest BCUT2D eigenvalue weighted by Gasteiger charge is 2.20. The maximum absolute atomic E-state index is 11.9. The summed E-state index contributed by atoms with van der Waals surface area (Å²) in [7, 11) is 1.74. The average molecular weight is 496 g/mol. The van der Waals surface area contributed by atoms with E-state index >= 15 is 0 Å². The summed E-state index contributed by atoms with van der Waals surface area (Å²) in [4.78, 5) is 21.2.